The van der Waals surface area contributed by atoms with Crippen molar-refractivity contribution < 1.29 is 18.6 Å². The Bertz CT molecular complexity index is 511. The Morgan fingerprint density at radius 1 is 1.05 bits per heavy atom. The van der Waals surface area contributed by atoms with Crippen molar-refractivity contribution in [3.63, 3.8) is 0 Å². The fourth-order valence-electron chi connectivity index (χ4n) is 1.86. The molecule has 0 amide bonds. The monoisotopic (exact) mass is 326 g/mol. The minimum atomic E-state index is -0.154. The largest absolute Gasteiger partial charge is 0.496 e. The van der Waals surface area contributed by atoms with Gasteiger partial charge in [0.05, 0.1) is 33.2 Å². The second-order valence-corrected chi connectivity index (χ2v) is 4.74. The first-order valence-electron chi connectivity index (χ1n) is 5.68. The average Bonchev–Trinajstić information content (AvgIpc) is 2.99. The highest BCUT2D eigenvalue weighted by molar-refractivity contribution is 9.09. The summed E-state index contributed by atoms with van der Waals surface area (Å²) in [5, 5.41) is 0. The molecule has 2 aromatic rings. The average molecular weight is 327 g/mol. The fraction of sp³-hybridized carbons (Fsp3) is 0.286. The van der Waals surface area contributed by atoms with E-state index in [0.29, 0.717) is 17.2 Å². The normalized spacial score (nSPS) is 12.0. The lowest BCUT2D eigenvalue weighted by atomic mass is 10.1. The van der Waals surface area contributed by atoms with Gasteiger partial charge in [0.1, 0.15) is 27.8 Å². The summed E-state index contributed by atoms with van der Waals surface area (Å²) in [5.41, 5.74) is 0.862. The van der Waals surface area contributed by atoms with Crippen LogP contribution in [0, 0.1) is 0 Å². The third-order valence-corrected chi connectivity index (χ3v) is 3.71. The van der Waals surface area contributed by atoms with Gasteiger partial charge in [-0.05, 0) is 12.1 Å². The highest BCUT2D eigenvalue weighted by Crippen LogP contribution is 2.44. The first-order chi connectivity index (χ1) is 9.21. The van der Waals surface area contributed by atoms with Gasteiger partial charge < -0.3 is 18.6 Å². The van der Waals surface area contributed by atoms with Crippen molar-refractivity contribution in [3.8, 4) is 17.2 Å². The van der Waals surface area contributed by atoms with E-state index in [-0.39, 0.29) is 4.83 Å². The number of benzene rings is 1. The van der Waals surface area contributed by atoms with Crippen LogP contribution in [-0.4, -0.2) is 21.3 Å². The molecule has 2 rings (SSSR count). The van der Waals surface area contributed by atoms with E-state index in [9.17, 15) is 0 Å². The number of hydrogen-bond acceptors (Lipinski definition) is 4. The Labute approximate surface area is 120 Å². The van der Waals surface area contributed by atoms with E-state index in [4.69, 9.17) is 18.6 Å². The molecule has 1 aromatic heterocycles. The number of halogens is 1. The maximum atomic E-state index is 5.42. The minimum absolute atomic E-state index is 0.154. The quantitative estimate of drug-likeness (QED) is 0.784. The molecule has 0 aliphatic carbocycles. The zero-order chi connectivity index (χ0) is 13.8. The Hall–Kier alpha value is -1.62. The number of methoxy groups -OCH3 is 3. The molecule has 0 saturated carbocycles. The Morgan fingerprint density at radius 3 is 2.11 bits per heavy atom. The maximum absolute atomic E-state index is 5.42. The predicted octanol–water partition coefficient (Wildman–Crippen LogP) is 3.79. The van der Waals surface area contributed by atoms with Gasteiger partial charge in [0.2, 0.25) is 0 Å². The van der Waals surface area contributed by atoms with Crippen LogP contribution in [0.25, 0.3) is 0 Å². The van der Waals surface area contributed by atoms with Crippen LogP contribution in [-0.2, 0) is 0 Å². The SMILES string of the molecule is COc1cc(OC)c(C(Br)c2ccco2)c(OC)c1. The van der Waals surface area contributed by atoms with Crippen molar-refractivity contribution in [1.82, 2.24) is 0 Å². The molecule has 0 radical (unpaired) electrons. The highest BCUT2D eigenvalue weighted by atomic mass is 79.9. The Morgan fingerprint density at radius 2 is 1.68 bits per heavy atom. The van der Waals surface area contributed by atoms with Gasteiger partial charge >= 0.3 is 0 Å². The van der Waals surface area contributed by atoms with E-state index in [0.717, 1.165) is 11.3 Å². The highest BCUT2D eigenvalue weighted by Gasteiger charge is 2.23. The molecule has 0 saturated heterocycles. The van der Waals surface area contributed by atoms with Crippen LogP contribution < -0.4 is 14.2 Å². The number of alkyl halides is 1. The first-order valence-corrected chi connectivity index (χ1v) is 6.60. The number of rotatable bonds is 5. The van der Waals surface area contributed by atoms with Crippen molar-refractivity contribution in [1.29, 1.82) is 0 Å². The summed E-state index contributed by atoms with van der Waals surface area (Å²) < 4.78 is 21.5. The predicted molar refractivity (Wildman–Crippen MR) is 75.6 cm³/mol. The molecule has 1 unspecified atom stereocenters. The summed E-state index contributed by atoms with van der Waals surface area (Å²) in [7, 11) is 4.82. The topological polar surface area (TPSA) is 40.8 Å². The molecule has 0 aliphatic rings. The van der Waals surface area contributed by atoms with E-state index >= 15 is 0 Å². The van der Waals surface area contributed by atoms with Crippen molar-refractivity contribution in [2.45, 2.75) is 4.83 Å². The third-order valence-electron chi connectivity index (χ3n) is 2.80. The zero-order valence-corrected chi connectivity index (χ0v) is 12.6. The van der Waals surface area contributed by atoms with Crippen LogP contribution in [0.1, 0.15) is 16.2 Å². The molecule has 0 fully saturated rings. The lowest BCUT2D eigenvalue weighted by Gasteiger charge is -2.17. The van der Waals surface area contributed by atoms with Crippen LogP contribution in [0.5, 0.6) is 17.2 Å². The molecule has 0 bridgehead atoms. The molecule has 1 heterocycles. The third kappa shape index (κ3) is 2.71. The van der Waals surface area contributed by atoms with Crippen molar-refractivity contribution in [2.75, 3.05) is 21.3 Å². The van der Waals surface area contributed by atoms with Crippen molar-refractivity contribution >= 4 is 15.9 Å². The minimum Gasteiger partial charge on any atom is -0.496 e. The summed E-state index contributed by atoms with van der Waals surface area (Å²) >= 11 is 3.61. The maximum Gasteiger partial charge on any atom is 0.131 e. The van der Waals surface area contributed by atoms with Gasteiger partial charge in [0.15, 0.2) is 0 Å². The van der Waals surface area contributed by atoms with Crippen LogP contribution >= 0.6 is 15.9 Å². The van der Waals surface area contributed by atoms with Crippen molar-refractivity contribution in [2.24, 2.45) is 0 Å². The molecular formula is C14H15BrO4. The molecule has 1 atom stereocenters. The van der Waals surface area contributed by atoms with E-state index < -0.39 is 0 Å². The lowest BCUT2D eigenvalue weighted by Crippen LogP contribution is -2.01. The van der Waals surface area contributed by atoms with Gasteiger partial charge in [-0.3, -0.25) is 0 Å². The molecule has 4 nitrogen and oxygen atoms in total. The number of ether oxygens (including phenoxy) is 3. The summed E-state index contributed by atoms with van der Waals surface area (Å²) in [6, 6.07) is 7.36. The van der Waals surface area contributed by atoms with Crippen LogP contribution in [0.15, 0.2) is 34.9 Å². The summed E-state index contributed by atoms with van der Waals surface area (Å²) in [6.07, 6.45) is 1.63. The van der Waals surface area contributed by atoms with Crippen LogP contribution in [0.2, 0.25) is 0 Å². The van der Waals surface area contributed by atoms with Gasteiger partial charge in [0, 0.05) is 12.1 Å². The van der Waals surface area contributed by atoms with Gasteiger partial charge in [-0.25, -0.2) is 0 Å². The molecule has 0 aliphatic heterocycles. The smallest absolute Gasteiger partial charge is 0.131 e. The summed E-state index contributed by atoms with van der Waals surface area (Å²) in [6.45, 7) is 0. The second-order valence-electron chi connectivity index (χ2n) is 3.82. The summed E-state index contributed by atoms with van der Waals surface area (Å²) in [5.74, 6) is 2.81. The van der Waals surface area contributed by atoms with Gasteiger partial charge in [0.25, 0.3) is 0 Å². The van der Waals surface area contributed by atoms with Crippen LogP contribution in [0.3, 0.4) is 0 Å². The van der Waals surface area contributed by atoms with Crippen LogP contribution in [0.4, 0.5) is 0 Å². The molecule has 0 N–H and O–H groups in total. The molecule has 102 valence electrons. The molecule has 5 heteroatoms. The molecule has 0 spiro atoms. The fourth-order valence-corrected chi connectivity index (χ4v) is 2.57. The molecular weight excluding hydrogens is 312 g/mol. The first kappa shape index (κ1) is 13.8. The van der Waals surface area contributed by atoms with E-state index in [1.54, 1.807) is 27.6 Å². The van der Waals surface area contributed by atoms with Gasteiger partial charge in [-0.1, -0.05) is 15.9 Å². The van der Waals surface area contributed by atoms with E-state index in [2.05, 4.69) is 15.9 Å². The van der Waals surface area contributed by atoms with E-state index in [1.165, 1.54) is 0 Å². The molecule has 1 aromatic carbocycles. The Balaban J connectivity index is 2.54. The van der Waals surface area contributed by atoms with E-state index in [1.807, 2.05) is 24.3 Å². The standard InChI is InChI=1S/C14H15BrO4/c1-16-9-7-11(17-2)13(12(8-9)18-3)14(15)10-5-4-6-19-10/h4-8,14H,1-3H3. The van der Waals surface area contributed by atoms with Gasteiger partial charge in [-0.2, -0.15) is 0 Å². The van der Waals surface area contributed by atoms with Crippen molar-refractivity contribution in [3.05, 3.63) is 41.9 Å². The lowest BCUT2D eigenvalue weighted by molar-refractivity contribution is 0.368. The number of hydrogen-bond donors (Lipinski definition) is 0. The zero-order valence-electron chi connectivity index (χ0n) is 11.0. The second kappa shape index (κ2) is 6.02. The van der Waals surface area contributed by atoms with Gasteiger partial charge in [-0.15, -0.1) is 0 Å². The molecule has 19 heavy (non-hydrogen) atoms. The number of furan rings is 1. The summed E-state index contributed by atoms with van der Waals surface area (Å²) in [4.78, 5) is -0.154. The Kier molecular flexibility index (Phi) is 4.37.